The number of hydrogen-bond acceptors (Lipinski definition) is 5. The van der Waals surface area contributed by atoms with Crippen molar-refractivity contribution in [2.75, 3.05) is 26.7 Å². The van der Waals surface area contributed by atoms with Crippen LogP contribution in [-0.2, 0) is 25.9 Å². The molecule has 7 nitrogen and oxygen atoms in total. The van der Waals surface area contributed by atoms with Crippen LogP contribution in [0, 0.1) is 5.92 Å². The third-order valence-electron chi connectivity index (χ3n) is 7.94. The maximum atomic E-state index is 13.4. The lowest BCUT2D eigenvalue weighted by atomic mass is 9.94. The molecule has 2 aliphatic rings. The third kappa shape index (κ3) is 5.48. The van der Waals surface area contributed by atoms with E-state index in [1.165, 1.54) is 35.0 Å². The van der Waals surface area contributed by atoms with Gasteiger partial charge >= 0.3 is 0 Å². The van der Waals surface area contributed by atoms with E-state index in [4.69, 9.17) is 9.26 Å². The molecular weight excluding hydrogens is 476 g/mol. The molecule has 0 radical (unpaired) electrons. The van der Waals surface area contributed by atoms with Crippen LogP contribution in [0.4, 0.5) is 0 Å². The third-order valence-corrected chi connectivity index (χ3v) is 7.94. The van der Waals surface area contributed by atoms with Crippen LogP contribution in [0.25, 0.3) is 10.9 Å². The zero-order chi connectivity index (χ0) is 25.9. The number of nitrogens with one attached hydrogen (secondary N) is 1. The van der Waals surface area contributed by atoms with E-state index in [0.29, 0.717) is 12.5 Å². The normalized spacial score (nSPS) is 17.6. The van der Waals surface area contributed by atoms with Crippen LogP contribution in [-0.4, -0.2) is 52.6 Å². The van der Waals surface area contributed by atoms with Crippen molar-refractivity contribution < 1.29 is 14.1 Å². The van der Waals surface area contributed by atoms with Gasteiger partial charge in [-0.05, 0) is 87.0 Å². The lowest BCUT2D eigenvalue weighted by molar-refractivity contribution is 0.0633. The Balaban J connectivity index is 1.03. The molecule has 1 N–H and O–H groups in total. The molecule has 2 aromatic heterocycles. The number of nitrogens with zero attached hydrogens (tertiary/aromatic N) is 3. The molecule has 2 aromatic carbocycles. The lowest BCUT2D eigenvalue weighted by Gasteiger charge is -2.32. The van der Waals surface area contributed by atoms with Crippen LogP contribution >= 0.6 is 0 Å². The first-order valence-electron chi connectivity index (χ1n) is 13.8. The largest absolute Gasteiger partial charge is 0.493 e. The monoisotopic (exact) mass is 512 g/mol. The highest BCUT2D eigenvalue weighted by Crippen LogP contribution is 2.30. The fourth-order valence-electron chi connectivity index (χ4n) is 5.98. The molecule has 1 aliphatic heterocycles. The fraction of sp³-hybridized carbons (Fsp3) is 0.419. The highest BCUT2D eigenvalue weighted by atomic mass is 16.5. The minimum atomic E-state index is 0.140. The molecule has 38 heavy (non-hydrogen) atoms. The van der Waals surface area contributed by atoms with Gasteiger partial charge in [-0.2, -0.15) is 0 Å². The van der Waals surface area contributed by atoms with Crippen molar-refractivity contribution >= 4 is 16.8 Å². The van der Waals surface area contributed by atoms with Crippen molar-refractivity contribution in [3.63, 3.8) is 0 Å². The number of hydrogen-bond donors (Lipinski definition) is 1. The number of fused-ring (bicyclic) bond motifs is 3. The van der Waals surface area contributed by atoms with Gasteiger partial charge in [-0.25, -0.2) is 0 Å². The maximum absolute atomic E-state index is 13.4. The Kier molecular flexibility index (Phi) is 7.18. The van der Waals surface area contributed by atoms with Gasteiger partial charge in [0.25, 0.3) is 5.91 Å². The van der Waals surface area contributed by atoms with Gasteiger partial charge in [0.2, 0.25) is 0 Å². The minimum absolute atomic E-state index is 0.140. The number of rotatable bonds is 8. The minimum Gasteiger partial charge on any atom is -0.493 e. The van der Waals surface area contributed by atoms with Gasteiger partial charge in [0.15, 0.2) is 0 Å². The second kappa shape index (κ2) is 11.0. The predicted octanol–water partition coefficient (Wildman–Crippen LogP) is 5.60. The van der Waals surface area contributed by atoms with Gasteiger partial charge in [-0.3, -0.25) is 9.69 Å². The summed E-state index contributed by atoms with van der Waals surface area (Å²) >= 11 is 0. The molecule has 198 valence electrons. The highest BCUT2D eigenvalue weighted by molar-refractivity contribution is 5.99. The summed E-state index contributed by atoms with van der Waals surface area (Å²) in [6.45, 7) is 3.75. The number of carbonyl (C=O) groups excluding carboxylic acids is 1. The zero-order valence-electron chi connectivity index (χ0n) is 22.1. The second-order valence-electron chi connectivity index (χ2n) is 10.9. The summed E-state index contributed by atoms with van der Waals surface area (Å²) in [4.78, 5) is 21.2. The summed E-state index contributed by atoms with van der Waals surface area (Å²) < 4.78 is 11.1. The average molecular weight is 513 g/mol. The Labute approximate surface area is 223 Å². The van der Waals surface area contributed by atoms with E-state index >= 15 is 0 Å². The number of ether oxygens (including phenoxy) is 1. The molecule has 1 atom stereocenters. The van der Waals surface area contributed by atoms with E-state index in [9.17, 15) is 4.79 Å². The maximum Gasteiger partial charge on any atom is 0.253 e. The summed E-state index contributed by atoms with van der Waals surface area (Å²) in [6, 6.07) is 16.4. The van der Waals surface area contributed by atoms with E-state index in [0.717, 1.165) is 74.4 Å². The smallest absolute Gasteiger partial charge is 0.253 e. The molecule has 6 rings (SSSR count). The number of piperidine rings is 1. The van der Waals surface area contributed by atoms with Crippen LogP contribution in [0.3, 0.4) is 0 Å². The van der Waals surface area contributed by atoms with E-state index in [-0.39, 0.29) is 5.91 Å². The molecule has 0 saturated carbocycles. The highest BCUT2D eigenvalue weighted by Gasteiger charge is 2.26. The SMILES string of the molecule is CN(Cc1ccc(OC[C@H]2CCCN(C(=O)c3ccc4[nH]c5c(c4c3)CCCC5)C2)cc1)Cc1ccon1. The molecule has 0 unspecified atom stereocenters. The van der Waals surface area contributed by atoms with Crippen molar-refractivity contribution in [2.45, 2.75) is 51.6 Å². The quantitative estimate of drug-likeness (QED) is 0.333. The summed E-state index contributed by atoms with van der Waals surface area (Å²) in [5, 5.41) is 5.21. The molecular formula is C31H36N4O3. The van der Waals surface area contributed by atoms with Gasteiger partial charge in [-0.15, -0.1) is 0 Å². The first-order chi connectivity index (χ1) is 18.6. The topological polar surface area (TPSA) is 74.6 Å². The number of benzene rings is 2. The Morgan fingerprint density at radius 1 is 1.11 bits per heavy atom. The molecule has 3 heterocycles. The van der Waals surface area contributed by atoms with E-state index in [2.05, 4.69) is 46.4 Å². The molecule has 1 fully saturated rings. The molecule has 0 bridgehead atoms. The molecule has 4 aromatic rings. The molecule has 7 heteroatoms. The van der Waals surface area contributed by atoms with Gasteiger partial charge in [-0.1, -0.05) is 17.3 Å². The van der Waals surface area contributed by atoms with Gasteiger partial charge in [0.05, 0.1) is 12.3 Å². The molecule has 0 spiro atoms. The lowest BCUT2D eigenvalue weighted by Crippen LogP contribution is -2.41. The summed E-state index contributed by atoms with van der Waals surface area (Å²) in [7, 11) is 2.07. The van der Waals surface area contributed by atoms with Crippen molar-refractivity contribution in [1.82, 2.24) is 19.9 Å². The summed E-state index contributed by atoms with van der Waals surface area (Å²) in [5.74, 6) is 1.35. The number of aryl methyl sites for hydroxylation is 2. The van der Waals surface area contributed by atoms with Crippen LogP contribution in [0.5, 0.6) is 5.75 Å². The number of aromatic nitrogens is 2. The van der Waals surface area contributed by atoms with E-state index in [1.807, 2.05) is 29.2 Å². The van der Waals surface area contributed by atoms with Crippen molar-refractivity contribution in [2.24, 2.45) is 5.92 Å². The van der Waals surface area contributed by atoms with Crippen LogP contribution in [0.15, 0.2) is 59.3 Å². The zero-order valence-corrected chi connectivity index (χ0v) is 22.1. The molecule has 1 amide bonds. The van der Waals surface area contributed by atoms with Gasteiger partial charge in [0, 0.05) is 60.3 Å². The summed E-state index contributed by atoms with van der Waals surface area (Å²) in [6.07, 6.45) is 8.40. The van der Waals surface area contributed by atoms with E-state index in [1.54, 1.807) is 6.26 Å². The van der Waals surface area contributed by atoms with Crippen LogP contribution in [0.2, 0.25) is 0 Å². The first kappa shape index (κ1) is 24.7. The standard InChI is InChI=1S/C31H36N4O3/c1-34(20-25-14-16-38-33-25)18-22-8-11-26(12-9-22)37-21-23-5-4-15-35(19-23)31(36)24-10-13-30-28(17-24)27-6-2-3-7-29(27)32-30/h8-14,16-17,23,32H,2-7,15,18-21H2,1H3/t23-/m0/s1. The van der Waals surface area contributed by atoms with Crippen LogP contribution in [0.1, 0.15) is 58.6 Å². The average Bonchev–Trinajstić information content (AvgIpc) is 3.59. The van der Waals surface area contributed by atoms with Crippen molar-refractivity contribution in [1.29, 1.82) is 0 Å². The number of aromatic amines is 1. The van der Waals surface area contributed by atoms with Gasteiger partial charge < -0.3 is 19.1 Å². The molecule has 1 aliphatic carbocycles. The Morgan fingerprint density at radius 3 is 2.82 bits per heavy atom. The molecule has 1 saturated heterocycles. The van der Waals surface area contributed by atoms with Gasteiger partial charge in [0.1, 0.15) is 12.0 Å². The second-order valence-corrected chi connectivity index (χ2v) is 10.9. The Bertz CT molecular complexity index is 1380. The Morgan fingerprint density at radius 2 is 1.97 bits per heavy atom. The van der Waals surface area contributed by atoms with Crippen molar-refractivity contribution in [3.8, 4) is 5.75 Å². The number of amides is 1. The first-order valence-corrected chi connectivity index (χ1v) is 13.8. The summed E-state index contributed by atoms with van der Waals surface area (Å²) in [5.41, 5.74) is 6.88. The van der Waals surface area contributed by atoms with Crippen LogP contribution < -0.4 is 4.74 Å². The van der Waals surface area contributed by atoms with E-state index < -0.39 is 0 Å². The predicted molar refractivity (Wildman–Crippen MR) is 147 cm³/mol. The van der Waals surface area contributed by atoms with Crippen molar-refractivity contribution in [3.05, 3.63) is 82.9 Å². The number of likely N-dealkylation sites (tertiary alicyclic amines) is 1. The Hall–Kier alpha value is -3.58. The number of H-pyrrole nitrogens is 1. The number of carbonyl (C=O) groups is 1. The fourth-order valence-corrected chi connectivity index (χ4v) is 5.98.